The summed E-state index contributed by atoms with van der Waals surface area (Å²) in [6.45, 7) is 8.41. The first-order valence-corrected chi connectivity index (χ1v) is 3.18. The van der Waals surface area contributed by atoms with Gasteiger partial charge in [-0.2, -0.15) is 0 Å². The van der Waals surface area contributed by atoms with Crippen LogP contribution in [0, 0.1) is 18.9 Å². The Labute approximate surface area is 66.8 Å². The Morgan fingerprint density at radius 1 is 1.91 bits per heavy atom. The molecule has 3 heteroatoms. The van der Waals surface area contributed by atoms with Crippen molar-refractivity contribution in [1.82, 2.24) is 4.90 Å². The molecule has 0 aromatic carbocycles. The van der Waals surface area contributed by atoms with Crippen molar-refractivity contribution in [3.63, 3.8) is 0 Å². The highest BCUT2D eigenvalue weighted by Crippen LogP contribution is 1.94. The third kappa shape index (κ3) is 2.73. The van der Waals surface area contributed by atoms with Gasteiger partial charge in [0.1, 0.15) is 0 Å². The first kappa shape index (κ1) is 9.52. The van der Waals surface area contributed by atoms with Crippen LogP contribution in [0.2, 0.25) is 0 Å². The number of carbonyl (C=O) groups is 1. The molecule has 0 heterocycles. The van der Waals surface area contributed by atoms with Gasteiger partial charge in [0.15, 0.2) is 0 Å². The van der Waals surface area contributed by atoms with E-state index in [1.165, 1.54) is 4.90 Å². The van der Waals surface area contributed by atoms with Gasteiger partial charge in [0.2, 0.25) is 0 Å². The predicted octanol–water partition coefficient (Wildman–Crippen LogP) is 0.386. The lowest BCUT2D eigenvalue weighted by molar-refractivity contribution is -0.129. The molecule has 1 atom stereocenters. The predicted molar refractivity (Wildman–Crippen MR) is 42.5 cm³/mol. The number of amides is 1. The van der Waals surface area contributed by atoms with Crippen molar-refractivity contribution < 1.29 is 4.79 Å². The Balaban J connectivity index is 4.07. The lowest BCUT2D eigenvalue weighted by Gasteiger charge is -2.11. The highest BCUT2D eigenvalue weighted by atomic mass is 16.2. The monoisotopic (exact) mass is 150 g/mol. The van der Waals surface area contributed by atoms with Crippen molar-refractivity contribution >= 4 is 5.91 Å². The maximum absolute atomic E-state index is 11.1. The third-order valence-electron chi connectivity index (χ3n) is 1.26. The summed E-state index contributed by atoms with van der Waals surface area (Å²) in [4.78, 5) is 15.5. The van der Waals surface area contributed by atoms with Gasteiger partial charge in [-0.3, -0.25) is 4.79 Å². The van der Waals surface area contributed by atoms with Gasteiger partial charge in [-0.1, -0.05) is 5.92 Å². The number of rotatable bonds is 2. The zero-order valence-electron chi connectivity index (χ0n) is 6.66. The van der Waals surface area contributed by atoms with Crippen LogP contribution in [0.5, 0.6) is 0 Å². The van der Waals surface area contributed by atoms with E-state index in [-0.39, 0.29) is 12.5 Å². The molecule has 0 aromatic rings. The number of carbonyl (C=O) groups excluding carboxylic acids is 1. The molecule has 0 fully saturated rings. The van der Waals surface area contributed by atoms with Gasteiger partial charge in [-0.15, -0.1) is 6.42 Å². The summed E-state index contributed by atoms with van der Waals surface area (Å²) < 4.78 is 0. The largest absolute Gasteiger partial charge is 0.328 e. The first-order valence-electron chi connectivity index (χ1n) is 3.18. The van der Waals surface area contributed by atoms with Crippen LogP contribution >= 0.6 is 0 Å². The molecule has 0 N–H and O–H groups in total. The summed E-state index contributed by atoms with van der Waals surface area (Å²) >= 11 is 0. The molecule has 3 nitrogen and oxygen atoms in total. The zero-order chi connectivity index (χ0) is 8.85. The Bertz CT molecular complexity index is 221. The summed E-state index contributed by atoms with van der Waals surface area (Å²) in [5.74, 6) is 2.11. The molecule has 0 aromatic heterocycles. The number of likely N-dealkylation sites (N-methyl/N-ethyl adjacent to an activating group) is 1. The average Bonchev–Trinajstić information content (AvgIpc) is 2.02. The molecule has 0 rings (SSSR count). The van der Waals surface area contributed by atoms with E-state index in [1.54, 1.807) is 14.0 Å². The summed E-state index contributed by atoms with van der Waals surface area (Å²) in [6, 6.07) is -0.617. The van der Waals surface area contributed by atoms with Crippen molar-refractivity contribution in [2.45, 2.75) is 13.0 Å². The second-order valence-corrected chi connectivity index (χ2v) is 2.20. The van der Waals surface area contributed by atoms with Gasteiger partial charge >= 0.3 is 5.91 Å². The molecule has 0 saturated heterocycles. The maximum Gasteiger partial charge on any atom is 0.306 e. The summed E-state index contributed by atoms with van der Waals surface area (Å²) in [7, 11) is 1.59. The van der Waals surface area contributed by atoms with E-state index >= 15 is 0 Å². The van der Waals surface area contributed by atoms with Gasteiger partial charge in [0.05, 0.1) is 6.54 Å². The van der Waals surface area contributed by atoms with E-state index in [9.17, 15) is 4.79 Å². The fourth-order valence-electron chi connectivity index (χ4n) is 0.589. The van der Waals surface area contributed by atoms with Crippen LogP contribution in [0.4, 0.5) is 0 Å². The number of hydrogen-bond acceptors (Lipinski definition) is 1. The molecular formula is C8H10N2O. The number of nitrogens with zero attached hydrogens (tertiary/aromatic N) is 2. The summed E-state index contributed by atoms with van der Waals surface area (Å²) in [5, 5.41) is 0. The van der Waals surface area contributed by atoms with Gasteiger partial charge in [0.25, 0.3) is 6.04 Å². The van der Waals surface area contributed by atoms with Crippen molar-refractivity contribution in [2.24, 2.45) is 0 Å². The van der Waals surface area contributed by atoms with Gasteiger partial charge in [-0.05, 0) is 0 Å². The van der Waals surface area contributed by atoms with E-state index in [0.29, 0.717) is 0 Å². The van der Waals surface area contributed by atoms with Crippen LogP contribution in [0.15, 0.2) is 0 Å². The summed E-state index contributed by atoms with van der Waals surface area (Å²) in [5.41, 5.74) is 0. The fraction of sp³-hybridized carbons (Fsp3) is 0.500. The molecule has 0 saturated carbocycles. The van der Waals surface area contributed by atoms with Crippen LogP contribution in [0.3, 0.4) is 0 Å². The minimum absolute atomic E-state index is 0.224. The van der Waals surface area contributed by atoms with Gasteiger partial charge < -0.3 is 9.74 Å². The Hall–Kier alpha value is -1.48. The summed E-state index contributed by atoms with van der Waals surface area (Å²) in [6.07, 6.45) is 4.99. The van der Waals surface area contributed by atoms with Crippen molar-refractivity contribution in [2.75, 3.05) is 13.6 Å². The quantitative estimate of drug-likeness (QED) is 0.412. The van der Waals surface area contributed by atoms with Crippen molar-refractivity contribution in [3.8, 4) is 12.3 Å². The second-order valence-electron chi connectivity index (χ2n) is 2.20. The Morgan fingerprint density at radius 2 is 2.45 bits per heavy atom. The highest BCUT2D eigenvalue weighted by Gasteiger charge is 2.19. The Kier molecular flexibility index (Phi) is 3.77. The second kappa shape index (κ2) is 4.35. The fourth-order valence-corrected chi connectivity index (χ4v) is 0.589. The van der Waals surface area contributed by atoms with E-state index in [4.69, 9.17) is 13.0 Å². The SMILES string of the molecule is [C-]#[N+]C(C)C(=O)N(C)CC#C. The van der Waals surface area contributed by atoms with Crippen LogP contribution in [-0.4, -0.2) is 30.4 Å². The molecule has 0 aliphatic carbocycles. The van der Waals surface area contributed by atoms with Crippen molar-refractivity contribution in [3.05, 3.63) is 11.4 Å². The Morgan fingerprint density at radius 3 is 2.82 bits per heavy atom. The van der Waals surface area contributed by atoms with Gasteiger partial charge in [-0.25, -0.2) is 6.57 Å². The van der Waals surface area contributed by atoms with Crippen LogP contribution < -0.4 is 0 Å². The molecule has 1 unspecified atom stereocenters. The molecule has 0 aliphatic rings. The smallest absolute Gasteiger partial charge is 0.306 e. The minimum Gasteiger partial charge on any atom is -0.328 e. The number of terminal acetylenes is 1. The molecule has 1 amide bonds. The third-order valence-corrected chi connectivity index (χ3v) is 1.26. The molecule has 0 bridgehead atoms. The highest BCUT2D eigenvalue weighted by molar-refractivity contribution is 5.83. The molecule has 58 valence electrons. The molecule has 0 spiro atoms. The van der Waals surface area contributed by atoms with Crippen LogP contribution in [-0.2, 0) is 4.79 Å². The topological polar surface area (TPSA) is 24.7 Å². The first-order chi connectivity index (χ1) is 5.13. The molecule has 11 heavy (non-hydrogen) atoms. The molecule has 0 aliphatic heterocycles. The van der Waals surface area contributed by atoms with E-state index < -0.39 is 6.04 Å². The van der Waals surface area contributed by atoms with Gasteiger partial charge in [0, 0.05) is 14.0 Å². The minimum atomic E-state index is -0.617. The van der Waals surface area contributed by atoms with E-state index in [2.05, 4.69) is 10.8 Å². The average molecular weight is 150 g/mol. The maximum atomic E-state index is 11.1. The van der Waals surface area contributed by atoms with E-state index in [0.717, 1.165) is 0 Å². The van der Waals surface area contributed by atoms with Crippen LogP contribution in [0.25, 0.3) is 4.85 Å². The molecule has 0 radical (unpaired) electrons. The standard InChI is InChI=1S/C8H10N2O/c1-5-6-10(4)8(11)7(2)9-3/h1,7H,6H2,2,4H3. The normalized spacial score (nSPS) is 10.9. The van der Waals surface area contributed by atoms with Crippen LogP contribution in [0.1, 0.15) is 6.92 Å². The zero-order valence-corrected chi connectivity index (χ0v) is 6.66. The van der Waals surface area contributed by atoms with E-state index in [1.807, 2.05) is 0 Å². The lowest BCUT2D eigenvalue weighted by Crippen LogP contribution is -2.33. The number of hydrogen-bond donors (Lipinski definition) is 0. The molecular weight excluding hydrogens is 140 g/mol. The lowest BCUT2D eigenvalue weighted by atomic mass is 10.3. The van der Waals surface area contributed by atoms with Crippen molar-refractivity contribution in [1.29, 1.82) is 0 Å².